The maximum absolute atomic E-state index is 13.8. The molecule has 5 nitrogen and oxygen atoms in total. The van der Waals surface area contributed by atoms with Crippen molar-refractivity contribution >= 4 is 33.7 Å². The summed E-state index contributed by atoms with van der Waals surface area (Å²) in [6, 6.07) is 19.5. The number of benzene rings is 2. The molecular formula is C27H28N4OS. The number of hydrazone groups is 1. The van der Waals surface area contributed by atoms with Gasteiger partial charge in [-0.05, 0) is 53.9 Å². The maximum Gasteiger partial charge on any atom is 0.268 e. The van der Waals surface area contributed by atoms with E-state index in [-0.39, 0.29) is 11.0 Å². The molecule has 1 aliphatic rings. The lowest BCUT2D eigenvalue weighted by atomic mass is 9.72. The van der Waals surface area contributed by atoms with Gasteiger partial charge in [0.15, 0.2) is 0 Å². The lowest BCUT2D eigenvalue weighted by molar-refractivity contribution is 0.218. The Morgan fingerprint density at radius 3 is 2.48 bits per heavy atom. The molecular weight excluding hydrogens is 428 g/mol. The number of anilines is 1. The van der Waals surface area contributed by atoms with Crippen LogP contribution >= 0.6 is 11.3 Å². The van der Waals surface area contributed by atoms with Gasteiger partial charge in [0.1, 0.15) is 4.83 Å². The van der Waals surface area contributed by atoms with Crippen LogP contribution in [0, 0.1) is 11.3 Å². The van der Waals surface area contributed by atoms with E-state index in [0.717, 1.165) is 40.7 Å². The van der Waals surface area contributed by atoms with Crippen molar-refractivity contribution in [2.45, 2.75) is 40.0 Å². The molecule has 33 heavy (non-hydrogen) atoms. The van der Waals surface area contributed by atoms with Gasteiger partial charge in [-0.2, -0.15) is 5.10 Å². The molecule has 2 heterocycles. The van der Waals surface area contributed by atoms with Crippen LogP contribution < -0.4 is 11.0 Å². The Labute approximate surface area is 197 Å². The Morgan fingerprint density at radius 1 is 1.09 bits per heavy atom. The van der Waals surface area contributed by atoms with Crippen LogP contribution in [0.4, 0.5) is 5.95 Å². The molecule has 0 saturated carbocycles. The number of hydrogen-bond donors (Lipinski definition) is 1. The average molecular weight is 457 g/mol. The van der Waals surface area contributed by atoms with Crippen LogP contribution in [0.1, 0.15) is 43.2 Å². The lowest BCUT2D eigenvalue weighted by Crippen LogP contribution is -2.27. The first kappa shape index (κ1) is 21.6. The fraction of sp³-hybridized carbons (Fsp3) is 0.296. The fourth-order valence-electron chi connectivity index (χ4n) is 4.56. The second kappa shape index (κ2) is 8.60. The molecule has 2 aromatic carbocycles. The minimum Gasteiger partial charge on any atom is -0.268 e. The Morgan fingerprint density at radius 2 is 1.79 bits per heavy atom. The molecule has 0 radical (unpaired) electrons. The topological polar surface area (TPSA) is 59.3 Å². The Bertz CT molecular complexity index is 1360. The normalized spacial score (nSPS) is 16.3. The Kier molecular flexibility index (Phi) is 5.62. The van der Waals surface area contributed by atoms with Gasteiger partial charge in [0.05, 0.1) is 17.3 Å². The van der Waals surface area contributed by atoms with Crippen LogP contribution in [0.2, 0.25) is 0 Å². The van der Waals surface area contributed by atoms with Gasteiger partial charge in [-0.3, -0.25) is 4.79 Å². The van der Waals surface area contributed by atoms with Crippen LogP contribution in [-0.2, 0) is 12.8 Å². The van der Waals surface area contributed by atoms with Crippen molar-refractivity contribution in [2.24, 2.45) is 16.4 Å². The first-order valence-corrected chi connectivity index (χ1v) is 12.2. The van der Waals surface area contributed by atoms with Crippen LogP contribution in [0.3, 0.4) is 0 Å². The molecule has 2 aromatic heterocycles. The average Bonchev–Trinajstić information content (AvgIpc) is 3.18. The predicted octanol–water partition coefficient (Wildman–Crippen LogP) is 6.04. The summed E-state index contributed by atoms with van der Waals surface area (Å²) in [7, 11) is 0. The summed E-state index contributed by atoms with van der Waals surface area (Å²) < 4.78 is 1.65. The van der Waals surface area contributed by atoms with Gasteiger partial charge in [-0.25, -0.2) is 15.0 Å². The summed E-state index contributed by atoms with van der Waals surface area (Å²) in [5, 5.41) is 5.15. The van der Waals surface area contributed by atoms with E-state index in [1.165, 1.54) is 10.4 Å². The fourth-order valence-corrected chi connectivity index (χ4v) is 5.85. The summed E-state index contributed by atoms with van der Waals surface area (Å²) >= 11 is 1.67. The lowest BCUT2D eigenvalue weighted by Gasteiger charge is -2.33. The van der Waals surface area contributed by atoms with E-state index in [1.54, 1.807) is 22.1 Å². The highest BCUT2D eigenvalue weighted by atomic mass is 32.1. The second-order valence-electron chi connectivity index (χ2n) is 9.68. The Hall–Kier alpha value is -3.25. The van der Waals surface area contributed by atoms with Gasteiger partial charge in [-0.15, -0.1) is 11.3 Å². The molecule has 4 aromatic rings. The van der Waals surface area contributed by atoms with Crippen molar-refractivity contribution in [3.8, 4) is 5.69 Å². The van der Waals surface area contributed by atoms with Crippen LogP contribution in [0.5, 0.6) is 0 Å². The van der Waals surface area contributed by atoms with E-state index < -0.39 is 0 Å². The Balaban J connectivity index is 1.62. The predicted molar refractivity (Wildman–Crippen MR) is 138 cm³/mol. The first-order chi connectivity index (χ1) is 15.9. The standard InChI is InChI=1S/C27H28N4OS/c1-27(2,3)19-14-15-21-22(16-19)33-24-23(21)25(32)31(20-12-8-5-9-13-20)26(29-24)30-28-17-18-10-6-4-7-11-18/h4-13,17,19H,14-16H2,1-3H3,(H,29,30). The number of para-hydroxylation sites is 1. The molecule has 0 fully saturated rings. The molecule has 6 heteroatoms. The maximum atomic E-state index is 13.8. The first-order valence-electron chi connectivity index (χ1n) is 11.4. The van der Waals surface area contributed by atoms with Crippen LogP contribution in [-0.4, -0.2) is 15.8 Å². The van der Waals surface area contributed by atoms with Gasteiger partial charge >= 0.3 is 0 Å². The highest BCUT2D eigenvalue weighted by molar-refractivity contribution is 7.18. The van der Waals surface area contributed by atoms with E-state index >= 15 is 0 Å². The van der Waals surface area contributed by atoms with Gasteiger partial charge in [0, 0.05) is 4.88 Å². The molecule has 0 aliphatic heterocycles. The van der Waals surface area contributed by atoms with Crippen molar-refractivity contribution in [1.82, 2.24) is 9.55 Å². The van der Waals surface area contributed by atoms with Crippen molar-refractivity contribution in [3.63, 3.8) is 0 Å². The van der Waals surface area contributed by atoms with Gasteiger partial charge in [0.2, 0.25) is 5.95 Å². The molecule has 1 atom stereocenters. The minimum absolute atomic E-state index is 0.0321. The van der Waals surface area contributed by atoms with Crippen molar-refractivity contribution in [2.75, 3.05) is 5.43 Å². The SMILES string of the molecule is CC(C)(C)C1CCc2c(sc3nc(NN=Cc4ccccc4)n(-c4ccccc4)c(=O)c23)C1. The number of fused-ring (bicyclic) bond motifs is 3. The molecule has 0 bridgehead atoms. The van der Waals surface area contributed by atoms with E-state index in [1.807, 2.05) is 60.7 Å². The molecule has 5 rings (SSSR count). The monoisotopic (exact) mass is 456 g/mol. The second-order valence-corrected chi connectivity index (χ2v) is 10.8. The summed E-state index contributed by atoms with van der Waals surface area (Å²) in [6.07, 6.45) is 4.79. The number of nitrogens with one attached hydrogen (secondary N) is 1. The number of aryl methyl sites for hydroxylation is 1. The minimum atomic E-state index is -0.0321. The molecule has 0 saturated heterocycles. The highest BCUT2D eigenvalue weighted by Gasteiger charge is 2.32. The molecule has 1 N–H and O–H groups in total. The quantitative estimate of drug-likeness (QED) is 0.301. The number of nitrogens with zero attached hydrogens (tertiary/aromatic N) is 3. The molecule has 168 valence electrons. The third-order valence-corrected chi connectivity index (χ3v) is 7.65. The largest absolute Gasteiger partial charge is 0.268 e. The number of hydrogen-bond acceptors (Lipinski definition) is 5. The zero-order valence-corrected chi connectivity index (χ0v) is 20.0. The highest BCUT2D eigenvalue weighted by Crippen LogP contribution is 2.42. The third kappa shape index (κ3) is 4.23. The number of aromatic nitrogens is 2. The van der Waals surface area contributed by atoms with Crippen molar-refractivity contribution in [3.05, 3.63) is 87.0 Å². The van der Waals surface area contributed by atoms with E-state index in [4.69, 9.17) is 4.98 Å². The molecule has 0 amide bonds. The van der Waals surface area contributed by atoms with Gasteiger partial charge in [-0.1, -0.05) is 69.3 Å². The van der Waals surface area contributed by atoms with Crippen molar-refractivity contribution < 1.29 is 0 Å². The summed E-state index contributed by atoms with van der Waals surface area (Å²) in [5.74, 6) is 1.04. The molecule has 0 spiro atoms. The number of thiophene rings is 1. The van der Waals surface area contributed by atoms with E-state index in [2.05, 4.69) is 31.3 Å². The zero-order valence-electron chi connectivity index (χ0n) is 19.2. The summed E-state index contributed by atoms with van der Waals surface area (Å²) in [4.78, 5) is 20.8. The van der Waals surface area contributed by atoms with Gasteiger partial charge in [0.25, 0.3) is 5.56 Å². The van der Waals surface area contributed by atoms with E-state index in [0.29, 0.717) is 11.9 Å². The summed E-state index contributed by atoms with van der Waals surface area (Å²) in [6.45, 7) is 6.93. The smallest absolute Gasteiger partial charge is 0.268 e. The van der Waals surface area contributed by atoms with Crippen LogP contribution in [0.25, 0.3) is 15.9 Å². The van der Waals surface area contributed by atoms with E-state index in [9.17, 15) is 4.79 Å². The molecule has 1 aliphatic carbocycles. The van der Waals surface area contributed by atoms with Crippen LogP contribution in [0.15, 0.2) is 70.6 Å². The van der Waals surface area contributed by atoms with Gasteiger partial charge < -0.3 is 0 Å². The third-order valence-electron chi connectivity index (χ3n) is 6.50. The van der Waals surface area contributed by atoms with Crippen molar-refractivity contribution in [1.29, 1.82) is 0 Å². The summed E-state index contributed by atoms with van der Waals surface area (Å²) in [5.41, 5.74) is 6.20. The molecule has 1 unspecified atom stereocenters. The zero-order chi connectivity index (χ0) is 23.0. The number of rotatable bonds is 4.